The molecule has 102 valence electrons. The number of carbonyl (C=O) groups is 2. The highest BCUT2D eigenvalue weighted by atomic mass is 79.9. The number of rotatable bonds is 5. The van der Waals surface area contributed by atoms with E-state index in [4.69, 9.17) is 14.6 Å². The fraction of sp³-hybridized carbons (Fsp3) is 0.333. The molecule has 0 bridgehead atoms. The van der Waals surface area contributed by atoms with E-state index in [0.717, 1.165) is 0 Å². The lowest BCUT2D eigenvalue weighted by molar-refractivity contribution is -0.137. The largest absolute Gasteiger partial charge is 0.481 e. The van der Waals surface area contributed by atoms with Gasteiger partial charge in [-0.3, -0.25) is 9.59 Å². The van der Waals surface area contributed by atoms with E-state index in [0.29, 0.717) is 34.5 Å². The van der Waals surface area contributed by atoms with Crippen LogP contribution in [0.4, 0.5) is 0 Å². The molecule has 19 heavy (non-hydrogen) atoms. The zero-order valence-electron chi connectivity index (χ0n) is 9.94. The number of carbonyl (C=O) groups excluding carboxylic acids is 1. The number of benzene rings is 1. The molecule has 7 heteroatoms. The Morgan fingerprint density at radius 3 is 2.89 bits per heavy atom. The van der Waals surface area contributed by atoms with Gasteiger partial charge in [-0.1, -0.05) is 0 Å². The number of nitrogens with one attached hydrogen (secondary N) is 1. The number of carboxylic acids is 1. The van der Waals surface area contributed by atoms with Crippen molar-refractivity contribution in [1.29, 1.82) is 0 Å². The molecule has 0 unspecified atom stereocenters. The van der Waals surface area contributed by atoms with Gasteiger partial charge in [0, 0.05) is 18.5 Å². The van der Waals surface area contributed by atoms with Crippen LogP contribution in [0.3, 0.4) is 0 Å². The molecule has 6 nitrogen and oxygen atoms in total. The van der Waals surface area contributed by atoms with Gasteiger partial charge in [0.1, 0.15) is 0 Å². The van der Waals surface area contributed by atoms with Crippen molar-refractivity contribution >= 4 is 27.8 Å². The Morgan fingerprint density at radius 1 is 1.37 bits per heavy atom. The molecule has 2 rings (SSSR count). The summed E-state index contributed by atoms with van der Waals surface area (Å²) in [6, 6.07) is 3.24. The summed E-state index contributed by atoms with van der Waals surface area (Å²) in [7, 11) is 0. The fourth-order valence-electron chi connectivity index (χ4n) is 1.64. The van der Waals surface area contributed by atoms with Crippen LogP contribution >= 0.6 is 15.9 Å². The Hall–Kier alpha value is -1.76. The van der Waals surface area contributed by atoms with E-state index in [1.54, 1.807) is 12.1 Å². The van der Waals surface area contributed by atoms with Crippen LogP contribution in [0.1, 0.15) is 23.2 Å². The molecule has 0 aromatic heterocycles. The lowest BCUT2D eigenvalue weighted by atomic mass is 10.2. The Balaban J connectivity index is 1.96. The van der Waals surface area contributed by atoms with Crippen molar-refractivity contribution in [3.05, 3.63) is 22.2 Å². The number of hydrogen-bond donors (Lipinski definition) is 2. The average Bonchev–Trinajstić information content (AvgIpc) is 2.82. The summed E-state index contributed by atoms with van der Waals surface area (Å²) in [5.74, 6) is -0.0445. The van der Waals surface area contributed by atoms with E-state index >= 15 is 0 Å². The van der Waals surface area contributed by atoms with Crippen LogP contribution in [0.5, 0.6) is 11.5 Å². The van der Waals surface area contributed by atoms with Crippen LogP contribution in [-0.4, -0.2) is 30.3 Å². The molecule has 1 heterocycles. The SMILES string of the molecule is O=C(O)CCCNC(=O)c1cc(Br)c2c(c1)OCO2. The minimum absolute atomic E-state index is 0.0329. The quantitative estimate of drug-likeness (QED) is 0.804. The van der Waals surface area contributed by atoms with Gasteiger partial charge in [0.2, 0.25) is 6.79 Å². The van der Waals surface area contributed by atoms with Crippen LogP contribution in [0, 0.1) is 0 Å². The highest BCUT2D eigenvalue weighted by Gasteiger charge is 2.20. The summed E-state index contributed by atoms with van der Waals surface area (Å²) in [6.07, 6.45) is 0.428. The fourth-order valence-corrected chi connectivity index (χ4v) is 2.20. The molecular weight excluding hydrogens is 318 g/mol. The van der Waals surface area contributed by atoms with E-state index in [1.165, 1.54) is 0 Å². The van der Waals surface area contributed by atoms with Crippen molar-refractivity contribution < 1.29 is 24.2 Å². The Morgan fingerprint density at radius 2 is 2.16 bits per heavy atom. The molecule has 0 saturated heterocycles. The van der Waals surface area contributed by atoms with Crippen LogP contribution in [0.25, 0.3) is 0 Å². The summed E-state index contributed by atoms with van der Waals surface area (Å²) in [4.78, 5) is 22.2. The Bertz CT molecular complexity index is 517. The van der Waals surface area contributed by atoms with Crippen molar-refractivity contribution in [1.82, 2.24) is 5.32 Å². The molecule has 0 spiro atoms. The van der Waals surface area contributed by atoms with Crippen LogP contribution in [-0.2, 0) is 4.79 Å². The lowest BCUT2D eigenvalue weighted by Crippen LogP contribution is -2.24. The third-order valence-electron chi connectivity index (χ3n) is 2.54. The van der Waals surface area contributed by atoms with Gasteiger partial charge in [-0.05, 0) is 34.5 Å². The molecule has 0 radical (unpaired) electrons. The van der Waals surface area contributed by atoms with E-state index in [1.807, 2.05) is 0 Å². The maximum Gasteiger partial charge on any atom is 0.303 e. The van der Waals surface area contributed by atoms with Gasteiger partial charge >= 0.3 is 5.97 Å². The topological polar surface area (TPSA) is 84.9 Å². The normalized spacial score (nSPS) is 12.3. The van der Waals surface area contributed by atoms with Crippen LogP contribution in [0.15, 0.2) is 16.6 Å². The molecule has 0 saturated carbocycles. The first-order valence-corrected chi connectivity index (χ1v) is 6.46. The predicted molar refractivity (Wildman–Crippen MR) is 69.5 cm³/mol. The van der Waals surface area contributed by atoms with Gasteiger partial charge in [0.05, 0.1) is 4.47 Å². The molecule has 1 amide bonds. The van der Waals surface area contributed by atoms with Crippen molar-refractivity contribution in [2.75, 3.05) is 13.3 Å². The number of ether oxygens (including phenoxy) is 2. The number of halogens is 1. The van der Waals surface area contributed by atoms with Gasteiger partial charge in [-0.25, -0.2) is 0 Å². The predicted octanol–water partition coefficient (Wildman–Crippen LogP) is 1.77. The van der Waals surface area contributed by atoms with Crippen LogP contribution in [0.2, 0.25) is 0 Å². The Labute approximate surface area is 117 Å². The number of fused-ring (bicyclic) bond motifs is 1. The molecule has 1 aliphatic heterocycles. The monoisotopic (exact) mass is 329 g/mol. The molecule has 1 aromatic carbocycles. The summed E-state index contributed by atoms with van der Waals surface area (Å²) in [5, 5.41) is 11.1. The van der Waals surface area contributed by atoms with E-state index in [9.17, 15) is 9.59 Å². The lowest BCUT2D eigenvalue weighted by Gasteiger charge is -2.06. The van der Waals surface area contributed by atoms with Gasteiger partial charge in [-0.2, -0.15) is 0 Å². The van der Waals surface area contributed by atoms with Gasteiger partial charge in [0.15, 0.2) is 11.5 Å². The van der Waals surface area contributed by atoms with E-state index in [2.05, 4.69) is 21.2 Å². The van der Waals surface area contributed by atoms with Gasteiger partial charge < -0.3 is 19.9 Å². The minimum atomic E-state index is -0.875. The molecule has 0 atom stereocenters. The van der Waals surface area contributed by atoms with Crippen LogP contribution < -0.4 is 14.8 Å². The summed E-state index contributed by atoms with van der Waals surface area (Å²) < 4.78 is 11.1. The number of carboxylic acid groups (broad SMARTS) is 1. The third kappa shape index (κ3) is 3.37. The molecule has 1 aromatic rings. The highest BCUT2D eigenvalue weighted by molar-refractivity contribution is 9.10. The van der Waals surface area contributed by atoms with Crippen molar-refractivity contribution in [3.63, 3.8) is 0 Å². The number of amides is 1. The number of hydrogen-bond acceptors (Lipinski definition) is 4. The third-order valence-corrected chi connectivity index (χ3v) is 3.13. The summed E-state index contributed by atoms with van der Waals surface area (Å²) in [5.41, 5.74) is 0.437. The molecule has 1 aliphatic rings. The Kier molecular flexibility index (Phi) is 4.26. The van der Waals surface area contributed by atoms with Crippen molar-refractivity contribution in [3.8, 4) is 11.5 Å². The minimum Gasteiger partial charge on any atom is -0.481 e. The highest BCUT2D eigenvalue weighted by Crippen LogP contribution is 2.39. The average molecular weight is 330 g/mol. The maximum atomic E-state index is 11.9. The first-order chi connectivity index (χ1) is 9.08. The number of aliphatic carboxylic acids is 1. The molecule has 0 fully saturated rings. The molecule has 0 aliphatic carbocycles. The maximum absolute atomic E-state index is 11.9. The van der Waals surface area contributed by atoms with Crippen molar-refractivity contribution in [2.24, 2.45) is 0 Å². The molecular formula is C12H12BrNO5. The zero-order chi connectivity index (χ0) is 13.8. The second-order valence-corrected chi connectivity index (χ2v) is 4.80. The van der Waals surface area contributed by atoms with E-state index in [-0.39, 0.29) is 19.1 Å². The standard InChI is InChI=1S/C12H12BrNO5/c13-8-4-7(5-9-11(8)19-6-18-9)12(17)14-3-1-2-10(15)16/h4-5H,1-3,6H2,(H,14,17)(H,15,16). The second-order valence-electron chi connectivity index (χ2n) is 3.95. The first kappa shape index (κ1) is 13.7. The zero-order valence-corrected chi connectivity index (χ0v) is 11.5. The van der Waals surface area contributed by atoms with E-state index < -0.39 is 5.97 Å². The van der Waals surface area contributed by atoms with Crippen molar-refractivity contribution in [2.45, 2.75) is 12.8 Å². The summed E-state index contributed by atoms with van der Waals surface area (Å²) >= 11 is 3.30. The smallest absolute Gasteiger partial charge is 0.303 e. The van der Waals surface area contributed by atoms with Gasteiger partial charge in [-0.15, -0.1) is 0 Å². The summed E-state index contributed by atoms with van der Waals surface area (Å²) in [6.45, 7) is 0.453. The second kappa shape index (κ2) is 5.92. The first-order valence-electron chi connectivity index (χ1n) is 5.67. The van der Waals surface area contributed by atoms with Gasteiger partial charge in [0.25, 0.3) is 5.91 Å². The molecule has 2 N–H and O–H groups in total.